The third-order valence-corrected chi connectivity index (χ3v) is 2.24. The predicted molar refractivity (Wildman–Crippen MR) is 57.5 cm³/mol. The lowest BCUT2D eigenvalue weighted by atomic mass is 10.1. The minimum Gasteiger partial charge on any atom is -0.381 e. The van der Waals surface area contributed by atoms with Crippen molar-refractivity contribution in [2.45, 2.75) is 6.42 Å². The first kappa shape index (κ1) is 10.4. The van der Waals surface area contributed by atoms with Crippen LogP contribution in [-0.4, -0.2) is 28.1 Å². The third-order valence-electron chi connectivity index (χ3n) is 2.24. The molecule has 0 unspecified atom stereocenters. The summed E-state index contributed by atoms with van der Waals surface area (Å²) in [5.41, 5.74) is 1.34. The Hall–Kier alpha value is -2.17. The SMILES string of the molecule is O=C1C=CC=C(NCCc2cnc[nH]2)C1=O. The molecule has 0 atom stereocenters. The number of rotatable bonds is 4. The summed E-state index contributed by atoms with van der Waals surface area (Å²) in [7, 11) is 0. The number of Topliss-reactive ketones (excluding diaryl/α,β-unsaturated/α-hetero) is 1. The van der Waals surface area contributed by atoms with Crippen molar-refractivity contribution in [3.63, 3.8) is 0 Å². The quantitative estimate of drug-likeness (QED) is 0.555. The lowest BCUT2D eigenvalue weighted by molar-refractivity contribution is -0.131. The Morgan fingerprint density at radius 2 is 2.25 bits per heavy atom. The van der Waals surface area contributed by atoms with Crippen LogP contribution in [0.3, 0.4) is 0 Å². The van der Waals surface area contributed by atoms with E-state index in [0.717, 1.165) is 12.1 Å². The average molecular weight is 217 g/mol. The van der Waals surface area contributed by atoms with Gasteiger partial charge in [-0.05, 0) is 12.2 Å². The van der Waals surface area contributed by atoms with Crippen LogP contribution in [0.25, 0.3) is 0 Å². The number of carbonyl (C=O) groups is 2. The minimum absolute atomic E-state index is 0.354. The summed E-state index contributed by atoms with van der Waals surface area (Å²) in [6.07, 6.45) is 8.50. The summed E-state index contributed by atoms with van der Waals surface area (Å²) in [5.74, 6) is -0.960. The molecule has 0 saturated heterocycles. The molecule has 5 heteroatoms. The molecule has 0 fully saturated rings. The molecule has 0 saturated carbocycles. The Balaban J connectivity index is 1.86. The van der Waals surface area contributed by atoms with Crippen LogP contribution in [-0.2, 0) is 16.0 Å². The highest BCUT2D eigenvalue weighted by Crippen LogP contribution is 2.02. The second-order valence-corrected chi connectivity index (χ2v) is 3.39. The zero-order valence-corrected chi connectivity index (χ0v) is 8.56. The van der Waals surface area contributed by atoms with Gasteiger partial charge in [-0.3, -0.25) is 9.59 Å². The number of hydrogen-bond acceptors (Lipinski definition) is 4. The Labute approximate surface area is 92.3 Å². The molecule has 1 aromatic heterocycles. The number of allylic oxidation sites excluding steroid dienone is 4. The van der Waals surface area contributed by atoms with Crippen LogP contribution in [0.15, 0.2) is 36.4 Å². The Kier molecular flexibility index (Phi) is 2.95. The van der Waals surface area contributed by atoms with Crippen LogP contribution < -0.4 is 5.32 Å². The van der Waals surface area contributed by atoms with E-state index in [2.05, 4.69) is 15.3 Å². The number of hydrogen-bond donors (Lipinski definition) is 2. The second kappa shape index (κ2) is 4.57. The molecule has 1 aromatic rings. The first-order valence-corrected chi connectivity index (χ1v) is 4.95. The van der Waals surface area contributed by atoms with E-state index in [-0.39, 0.29) is 0 Å². The van der Waals surface area contributed by atoms with Crippen molar-refractivity contribution >= 4 is 11.6 Å². The molecule has 82 valence electrons. The molecule has 2 rings (SSSR count). The molecular formula is C11H11N3O2. The second-order valence-electron chi connectivity index (χ2n) is 3.39. The van der Waals surface area contributed by atoms with Crippen molar-refractivity contribution in [1.29, 1.82) is 0 Å². The van der Waals surface area contributed by atoms with Crippen molar-refractivity contribution < 1.29 is 9.59 Å². The summed E-state index contributed by atoms with van der Waals surface area (Å²) in [6.45, 7) is 0.584. The molecule has 0 aromatic carbocycles. The van der Waals surface area contributed by atoms with E-state index < -0.39 is 11.6 Å². The van der Waals surface area contributed by atoms with Gasteiger partial charge in [0.1, 0.15) is 0 Å². The van der Waals surface area contributed by atoms with Crippen LogP contribution in [0.2, 0.25) is 0 Å². The fraction of sp³-hybridized carbons (Fsp3) is 0.182. The van der Waals surface area contributed by atoms with Gasteiger partial charge in [-0.15, -0.1) is 0 Å². The molecular weight excluding hydrogens is 206 g/mol. The normalized spacial score (nSPS) is 15.1. The highest BCUT2D eigenvalue weighted by Gasteiger charge is 2.18. The summed E-state index contributed by atoms with van der Waals surface area (Å²) in [6, 6.07) is 0. The monoisotopic (exact) mass is 217 g/mol. The van der Waals surface area contributed by atoms with Gasteiger partial charge in [-0.2, -0.15) is 0 Å². The van der Waals surface area contributed by atoms with Gasteiger partial charge in [0.05, 0.1) is 12.0 Å². The van der Waals surface area contributed by atoms with E-state index in [4.69, 9.17) is 0 Å². The molecule has 5 nitrogen and oxygen atoms in total. The Morgan fingerprint density at radius 3 is 3.00 bits per heavy atom. The maximum absolute atomic E-state index is 11.4. The van der Waals surface area contributed by atoms with Crippen LogP contribution in [0.1, 0.15) is 5.69 Å². The number of nitrogens with one attached hydrogen (secondary N) is 2. The molecule has 0 radical (unpaired) electrons. The van der Waals surface area contributed by atoms with Gasteiger partial charge in [-0.25, -0.2) is 4.98 Å². The smallest absolute Gasteiger partial charge is 0.248 e. The zero-order valence-electron chi connectivity index (χ0n) is 8.56. The fourth-order valence-electron chi connectivity index (χ4n) is 1.41. The van der Waals surface area contributed by atoms with E-state index in [9.17, 15) is 9.59 Å². The van der Waals surface area contributed by atoms with Crippen LogP contribution in [0.4, 0.5) is 0 Å². The van der Waals surface area contributed by atoms with E-state index >= 15 is 0 Å². The average Bonchev–Trinajstić information content (AvgIpc) is 2.77. The number of imidazole rings is 1. The van der Waals surface area contributed by atoms with E-state index in [0.29, 0.717) is 12.2 Å². The minimum atomic E-state index is -0.480. The molecule has 0 aliphatic heterocycles. The van der Waals surface area contributed by atoms with Crippen molar-refractivity contribution in [1.82, 2.24) is 15.3 Å². The Bertz CT molecular complexity index is 458. The number of aromatic amines is 1. The molecule has 1 heterocycles. The largest absolute Gasteiger partial charge is 0.381 e. The van der Waals surface area contributed by atoms with Crippen LogP contribution >= 0.6 is 0 Å². The molecule has 0 spiro atoms. The molecule has 0 bridgehead atoms. The zero-order chi connectivity index (χ0) is 11.4. The number of carbonyl (C=O) groups excluding carboxylic acids is 2. The highest BCUT2D eigenvalue weighted by atomic mass is 16.2. The van der Waals surface area contributed by atoms with Gasteiger partial charge in [0.15, 0.2) is 0 Å². The summed E-state index contributed by atoms with van der Waals surface area (Å²) in [5, 5.41) is 2.93. The van der Waals surface area contributed by atoms with Gasteiger partial charge >= 0.3 is 0 Å². The van der Waals surface area contributed by atoms with Gasteiger partial charge in [0, 0.05) is 24.9 Å². The summed E-state index contributed by atoms with van der Waals surface area (Å²) < 4.78 is 0. The maximum atomic E-state index is 11.4. The van der Waals surface area contributed by atoms with Crippen molar-refractivity contribution in [3.05, 3.63) is 42.1 Å². The Morgan fingerprint density at radius 1 is 1.38 bits per heavy atom. The van der Waals surface area contributed by atoms with Gasteiger partial charge < -0.3 is 10.3 Å². The molecule has 2 N–H and O–H groups in total. The lowest BCUT2D eigenvalue weighted by Gasteiger charge is -2.09. The first-order valence-electron chi connectivity index (χ1n) is 4.95. The number of ketones is 2. The van der Waals surface area contributed by atoms with Crippen LogP contribution in [0.5, 0.6) is 0 Å². The standard InChI is InChI=1S/C11H11N3O2/c15-10-3-1-2-9(11(10)16)13-5-4-8-6-12-7-14-8/h1-3,6-7,13H,4-5H2,(H,12,14). The van der Waals surface area contributed by atoms with E-state index in [1.165, 1.54) is 6.08 Å². The van der Waals surface area contributed by atoms with E-state index in [1.54, 1.807) is 24.7 Å². The molecule has 0 amide bonds. The van der Waals surface area contributed by atoms with E-state index in [1.807, 2.05) is 0 Å². The highest BCUT2D eigenvalue weighted by molar-refractivity contribution is 6.47. The predicted octanol–water partition coefficient (Wildman–Crippen LogP) is 0.134. The fourth-order valence-corrected chi connectivity index (χ4v) is 1.41. The number of H-pyrrole nitrogens is 1. The molecule has 1 aliphatic rings. The topological polar surface area (TPSA) is 74.8 Å². The summed E-state index contributed by atoms with van der Waals surface area (Å²) >= 11 is 0. The number of nitrogens with zero attached hydrogens (tertiary/aromatic N) is 1. The number of aromatic nitrogens is 2. The van der Waals surface area contributed by atoms with Crippen LogP contribution in [0, 0.1) is 0 Å². The van der Waals surface area contributed by atoms with Crippen molar-refractivity contribution in [3.8, 4) is 0 Å². The lowest BCUT2D eigenvalue weighted by Crippen LogP contribution is -2.28. The first-order chi connectivity index (χ1) is 7.77. The van der Waals surface area contributed by atoms with Crippen molar-refractivity contribution in [2.75, 3.05) is 6.54 Å². The summed E-state index contributed by atoms with van der Waals surface area (Å²) in [4.78, 5) is 29.3. The van der Waals surface area contributed by atoms with Gasteiger partial charge in [0.2, 0.25) is 11.6 Å². The van der Waals surface area contributed by atoms with Gasteiger partial charge in [-0.1, -0.05) is 6.08 Å². The molecule has 16 heavy (non-hydrogen) atoms. The van der Waals surface area contributed by atoms with Crippen molar-refractivity contribution in [2.24, 2.45) is 0 Å². The maximum Gasteiger partial charge on any atom is 0.248 e. The third kappa shape index (κ3) is 2.25. The molecule has 1 aliphatic carbocycles. The van der Waals surface area contributed by atoms with Gasteiger partial charge in [0.25, 0.3) is 0 Å².